The Morgan fingerprint density at radius 3 is 2.76 bits per heavy atom. The van der Waals surface area contributed by atoms with E-state index in [2.05, 4.69) is 25.8 Å². The number of rotatable bonds is 3. The minimum absolute atomic E-state index is 0.393. The molecule has 1 fully saturated rings. The molecule has 1 saturated heterocycles. The molecule has 0 spiro atoms. The lowest BCUT2D eigenvalue weighted by Crippen LogP contribution is -2.35. The highest BCUT2D eigenvalue weighted by molar-refractivity contribution is 6.33. The second-order valence-electron chi connectivity index (χ2n) is 5.26. The third-order valence-corrected chi connectivity index (χ3v) is 3.96. The first kappa shape index (κ1) is 14.3. The monoisotopic (exact) mass is 307 g/mol. The molecular formula is C14H18ClN5O. The van der Waals surface area contributed by atoms with Gasteiger partial charge < -0.3 is 15.2 Å². The topological polar surface area (TPSA) is 75.9 Å². The molecule has 1 aliphatic heterocycles. The number of anilines is 1. The predicted molar refractivity (Wildman–Crippen MR) is 81.5 cm³/mol. The Labute approximate surface area is 128 Å². The van der Waals surface area contributed by atoms with E-state index in [1.165, 1.54) is 0 Å². The maximum atomic E-state index is 6.24. The van der Waals surface area contributed by atoms with Crippen LogP contribution in [0.2, 0.25) is 5.02 Å². The van der Waals surface area contributed by atoms with E-state index in [-0.39, 0.29) is 0 Å². The molecule has 0 saturated carbocycles. The van der Waals surface area contributed by atoms with E-state index in [0.717, 1.165) is 37.2 Å². The quantitative estimate of drug-likeness (QED) is 0.907. The summed E-state index contributed by atoms with van der Waals surface area (Å²) in [5.41, 5.74) is 2.29. The summed E-state index contributed by atoms with van der Waals surface area (Å²) in [6.45, 7) is 5.77. The number of halogens is 1. The van der Waals surface area contributed by atoms with E-state index in [1.54, 1.807) is 6.20 Å². The summed E-state index contributed by atoms with van der Waals surface area (Å²) in [6.07, 6.45) is 3.75. The first-order valence-electron chi connectivity index (χ1n) is 7.08. The predicted octanol–water partition coefficient (Wildman–Crippen LogP) is 2.57. The third-order valence-electron chi connectivity index (χ3n) is 3.69. The maximum absolute atomic E-state index is 6.24. The van der Waals surface area contributed by atoms with Crippen molar-refractivity contribution in [1.82, 2.24) is 20.4 Å². The van der Waals surface area contributed by atoms with E-state index in [4.69, 9.17) is 16.1 Å². The molecule has 3 heterocycles. The molecule has 1 aliphatic rings. The fraction of sp³-hybridized carbons (Fsp3) is 0.500. The van der Waals surface area contributed by atoms with Crippen molar-refractivity contribution in [2.45, 2.75) is 32.7 Å². The lowest BCUT2D eigenvalue weighted by atomic mass is 10.1. The van der Waals surface area contributed by atoms with Gasteiger partial charge in [0.15, 0.2) is 0 Å². The number of aromatic nitrogens is 3. The van der Waals surface area contributed by atoms with Crippen molar-refractivity contribution < 1.29 is 4.52 Å². The molecule has 0 radical (unpaired) electrons. The van der Waals surface area contributed by atoms with Crippen LogP contribution in [0, 0.1) is 13.8 Å². The van der Waals surface area contributed by atoms with Crippen LogP contribution >= 0.6 is 11.6 Å². The Kier molecular flexibility index (Phi) is 4.07. The molecule has 0 unspecified atom stereocenters. The van der Waals surface area contributed by atoms with Gasteiger partial charge in [0.2, 0.25) is 5.95 Å². The zero-order valence-corrected chi connectivity index (χ0v) is 12.9. The molecule has 7 heteroatoms. The molecule has 21 heavy (non-hydrogen) atoms. The van der Waals surface area contributed by atoms with Crippen LogP contribution in [0.3, 0.4) is 0 Å². The molecule has 0 aromatic carbocycles. The Morgan fingerprint density at radius 2 is 2.10 bits per heavy atom. The second-order valence-corrected chi connectivity index (χ2v) is 5.67. The summed E-state index contributed by atoms with van der Waals surface area (Å²) in [7, 11) is 0. The first-order valence-corrected chi connectivity index (χ1v) is 7.46. The molecule has 2 aromatic heterocycles. The van der Waals surface area contributed by atoms with Gasteiger partial charge in [0, 0.05) is 6.04 Å². The van der Waals surface area contributed by atoms with Crippen molar-refractivity contribution in [2.24, 2.45) is 0 Å². The van der Waals surface area contributed by atoms with Gasteiger partial charge >= 0.3 is 0 Å². The smallest absolute Gasteiger partial charge is 0.223 e. The largest absolute Gasteiger partial charge is 0.361 e. The Bertz CT molecular complexity index is 617. The van der Waals surface area contributed by atoms with Crippen LogP contribution in [-0.2, 0) is 0 Å². The standard InChI is InChI=1S/C14H18ClN5O/c1-8-12(9(2)21-20-8)13-11(15)7-17-14(19-13)18-10-3-5-16-6-4-10/h7,10,16H,3-6H2,1-2H3,(H,17,18,19). The lowest BCUT2D eigenvalue weighted by Gasteiger charge is -2.23. The number of nitrogens with zero attached hydrogens (tertiary/aromatic N) is 3. The highest BCUT2D eigenvalue weighted by Gasteiger charge is 2.19. The van der Waals surface area contributed by atoms with E-state index in [9.17, 15) is 0 Å². The first-order chi connectivity index (χ1) is 10.1. The molecule has 0 bridgehead atoms. The lowest BCUT2D eigenvalue weighted by molar-refractivity contribution is 0.393. The van der Waals surface area contributed by atoms with Crippen LogP contribution in [0.15, 0.2) is 10.7 Å². The maximum Gasteiger partial charge on any atom is 0.223 e. The molecule has 3 rings (SSSR count). The van der Waals surface area contributed by atoms with E-state index in [1.807, 2.05) is 13.8 Å². The number of hydrogen-bond acceptors (Lipinski definition) is 6. The van der Waals surface area contributed by atoms with Gasteiger partial charge in [0.25, 0.3) is 0 Å². The van der Waals surface area contributed by atoms with Crippen molar-refractivity contribution in [1.29, 1.82) is 0 Å². The van der Waals surface area contributed by atoms with E-state index in [0.29, 0.717) is 28.5 Å². The van der Waals surface area contributed by atoms with Crippen LogP contribution in [0.4, 0.5) is 5.95 Å². The summed E-state index contributed by atoms with van der Waals surface area (Å²) in [4.78, 5) is 8.83. The highest BCUT2D eigenvalue weighted by Crippen LogP contribution is 2.31. The van der Waals surface area contributed by atoms with Gasteiger partial charge in [-0.15, -0.1) is 0 Å². The molecule has 0 atom stereocenters. The molecule has 2 aromatic rings. The van der Waals surface area contributed by atoms with Gasteiger partial charge in [-0.25, -0.2) is 9.97 Å². The molecule has 6 nitrogen and oxygen atoms in total. The summed E-state index contributed by atoms with van der Waals surface area (Å²) >= 11 is 6.24. The average Bonchev–Trinajstić information content (AvgIpc) is 2.82. The Balaban J connectivity index is 1.89. The van der Waals surface area contributed by atoms with Crippen molar-refractivity contribution >= 4 is 17.5 Å². The summed E-state index contributed by atoms with van der Waals surface area (Å²) in [5, 5.41) is 11.2. The third kappa shape index (κ3) is 3.01. The van der Waals surface area contributed by atoms with Crippen molar-refractivity contribution in [3.05, 3.63) is 22.7 Å². The van der Waals surface area contributed by atoms with E-state index < -0.39 is 0 Å². The van der Waals surface area contributed by atoms with Crippen LogP contribution in [0.1, 0.15) is 24.3 Å². The number of aryl methyl sites for hydroxylation is 2. The molecule has 0 aliphatic carbocycles. The number of nitrogens with one attached hydrogen (secondary N) is 2. The molecule has 112 valence electrons. The van der Waals surface area contributed by atoms with Crippen LogP contribution in [0.25, 0.3) is 11.3 Å². The highest BCUT2D eigenvalue weighted by atomic mass is 35.5. The molecule has 2 N–H and O–H groups in total. The van der Waals surface area contributed by atoms with Gasteiger partial charge in [-0.1, -0.05) is 16.8 Å². The Morgan fingerprint density at radius 1 is 1.33 bits per heavy atom. The summed E-state index contributed by atoms with van der Waals surface area (Å²) in [5.74, 6) is 1.31. The molecule has 0 amide bonds. The van der Waals surface area contributed by atoms with Gasteiger partial charge in [-0.05, 0) is 39.8 Å². The number of piperidine rings is 1. The van der Waals surface area contributed by atoms with Gasteiger partial charge in [0.1, 0.15) is 5.76 Å². The summed E-state index contributed by atoms with van der Waals surface area (Å²) < 4.78 is 5.20. The average molecular weight is 308 g/mol. The van der Waals surface area contributed by atoms with Crippen molar-refractivity contribution in [3.63, 3.8) is 0 Å². The minimum atomic E-state index is 0.393. The van der Waals surface area contributed by atoms with Gasteiger partial charge in [-0.2, -0.15) is 0 Å². The Hall–Kier alpha value is -1.66. The molecular weight excluding hydrogens is 290 g/mol. The number of hydrogen-bond donors (Lipinski definition) is 2. The zero-order chi connectivity index (χ0) is 14.8. The van der Waals surface area contributed by atoms with Crippen LogP contribution in [0.5, 0.6) is 0 Å². The SMILES string of the molecule is Cc1noc(C)c1-c1nc(NC2CCNCC2)ncc1Cl. The van der Waals surface area contributed by atoms with Crippen molar-refractivity contribution in [3.8, 4) is 11.3 Å². The second kappa shape index (κ2) is 5.99. The van der Waals surface area contributed by atoms with E-state index >= 15 is 0 Å². The fourth-order valence-electron chi connectivity index (χ4n) is 2.58. The van der Waals surface area contributed by atoms with Crippen molar-refractivity contribution in [2.75, 3.05) is 18.4 Å². The normalized spacial score (nSPS) is 16.1. The van der Waals surface area contributed by atoms with Crippen LogP contribution in [-0.4, -0.2) is 34.3 Å². The van der Waals surface area contributed by atoms with Gasteiger partial charge in [-0.3, -0.25) is 0 Å². The zero-order valence-electron chi connectivity index (χ0n) is 12.1. The van der Waals surface area contributed by atoms with Gasteiger partial charge in [0.05, 0.1) is 28.2 Å². The minimum Gasteiger partial charge on any atom is -0.361 e. The summed E-state index contributed by atoms with van der Waals surface area (Å²) in [6, 6.07) is 0.393. The fourth-order valence-corrected chi connectivity index (χ4v) is 2.77. The van der Waals surface area contributed by atoms with Crippen LogP contribution < -0.4 is 10.6 Å².